The summed E-state index contributed by atoms with van der Waals surface area (Å²) in [6, 6.07) is 5.90. The molecule has 0 spiro atoms. The summed E-state index contributed by atoms with van der Waals surface area (Å²) in [7, 11) is 2.96. The van der Waals surface area contributed by atoms with E-state index in [1.165, 1.54) is 29.8 Å². The summed E-state index contributed by atoms with van der Waals surface area (Å²) in [5, 5.41) is 3.09. The third-order valence-electron chi connectivity index (χ3n) is 5.49. The maximum absolute atomic E-state index is 13.8. The minimum absolute atomic E-state index is 0.0729. The molecule has 0 aliphatic heterocycles. The van der Waals surface area contributed by atoms with Crippen molar-refractivity contribution in [3.63, 3.8) is 0 Å². The summed E-state index contributed by atoms with van der Waals surface area (Å²) in [5.41, 5.74) is -0.623. The van der Waals surface area contributed by atoms with Crippen molar-refractivity contribution in [1.29, 1.82) is 0 Å². The molecule has 1 saturated carbocycles. The van der Waals surface area contributed by atoms with Gasteiger partial charge >= 0.3 is 5.69 Å². The number of carbonyl (C=O) groups excluding carboxylic acids is 1. The number of nitrogens with one attached hydrogen (secondary N) is 1. The first-order valence-corrected chi connectivity index (χ1v) is 11.0. The fraction of sp³-hybridized carbons (Fsp3) is 0.381. The molecule has 2 heterocycles. The number of fused-ring (bicyclic) bond motifs is 1. The number of carbonyl (C=O) groups is 1. The highest BCUT2D eigenvalue weighted by Crippen LogP contribution is 2.34. The van der Waals surface area contributed by atoms with Crippen LogP contribution in [0.4, 0.5) is 10.1 Å². The number of thioether (sulfide) groups is 1. The van der Waals surface area contributed by atoms with E-state index in [-0.39, 0.29) is 28.4 Å². The van der Waals surface area contributed by atoms with E-state index in [1.807, 2.05) is 0 Å². The number of nitrogens with zero attached hydrogens (tertiary/aromatic N) is 4. The highest BCUT2D eigenvalue weighted by Gasteiger charge is 2.24. The van der Waals surface area contributed by atoms with Gasteiger partial charge in [0.05, 0.1) is 11.4 Å². The van der Waals surface area contributed by atoms with Gasteiger partial charge in [0.25, 0.3) is 5.56 Å². The molecule has 2 aromatic heterocycles. The number of aryl methyl sites for hydroxylation is 1. The largest absolute Gasteiger partial charge is 0.332 e. The minimum Gasteiger partial charge on any atom is -0.323 e. The molecule has 0 atom stereocenters. The Morgan fingerprint density at radius 3 is 2.58 bits per heavy atom. The van der Waals surface area contributed by atoms with Gasteiger partial charge < -0.3 is 5.32 Å². The van der Waals surface area contributed by atoms with Gasteiger partial charge in [-0.1, -0.05) is 36.7 Å². The van der Waals surface area contributed by atoms with Crippen LogP contribution >= 0.6 is 11.8 Å². The van der Waals surface area contributed by atoms with Gasteiger partial charge in [-0.3, -0.25) is 18.7 Å². The van der Waals surface area contributed by atoms with Crippen molar-refractivity contribution in [2.45, 2.75) is 36.6 Å². The van der Waals surface area contributed by atoms with Crippen LogP contribution < -0.4 is 16.6 Å². The number of anilines is 1. The molecule has 1 amide bonds. The number of hydrogen-bond acceptors (Lipinski definition) is 6. The lowest BCUT2D eigenvalue weighted by atomic mass is 10.1. The Morgan fingerprint density at radius 2 is 1.87 bits per heavy atom. The first-order chi connectivity index (χ1) is 14.9. The van der Waals surface area contributed by atoms with Crippen LogP contribution in [-0.2, 0) is 18.9 Å². The molecule has 1 aliphatic carbocycles. The molecule has 1 aromatic carbocycles. The number of halogens is 1. The quantitative estimate of drug-likeness (QED) is 0.481. The Balaban J connectivity index is 1.71. The van der Waals surface area contributed by atoms with E-state index < -0.39 is 23.0 Å². The van der Waals surface area contributed by atoms with Gasteiger partial charge in [0.2, 0.25) is 5.91 Å². The van der Waals surface area contributed by atoms with Crippen molar-refractivity contribution in [2.24, 2.45) is 14.1 Å². The second-order valence-electron chi connectivity index (χ2n) is 7.59. The molecule has 0 saturated heterocycles. The van der Waals surface area contributed by atoms with Gasteiger partial charge in [0.15, 0.2) is 5.65 Å². The first-order valence-electron chi connectivity index (χ1n) is 10.0. The lowest BCUT2D eigenvalue weighted by Crippen LogP contribution is -2.38. The monoisotopic (exact) mass is 443 g/mol. The van der Waals surface area contributed by atoms with E-state index in [2.05, 4.69) is 15.3 Å². The average Bonchev–Trinajstić information content (AvgIpc) is 3.31. The third kappa shape index (κ3) is 4.12. The zero-order valence-electron chi connectivity index (χ0n) is 17.2. The van der Waals surface area contributed by atoms with Crippen LogP contribution in [-0.4, -0.2) is 30.8 Å². The van der Waals surface area contributed by atoms with Crippen molar-refractivity contribution in [3.05, 3.63) is 56.7 Å². The normalized spacial score (nSPS) is 14.3. The summed E-state index contributed by atoms with van der Waals surface area (Å²) in [5.74, 6) is -0.275. The highest BCUT2D eigenvalue weighted by molar-refractivity contribution is 8.00. The lowest BCUT2D eigenvalue weighted by molar-refractivity contribution is -0.113. The topological polar surface area (TPSA) is 98.9 Å². The zero-order valence-corrected chi connectivity index (χ0v) is 18.0. The second kappa shape index (κ2) is 8.62. The standard InChI is InChI=1S/C21H22FN5O3S/c1-26-18-16(20(29)27(2)21(26)30)19(25-17(24-18)12-7-3-4-8-12)31-11-15(28)23-14-10-6-5-9-13(14)22/h5-6,9-10,12H,3-4,7-8,11H2,1-2H3,(H,23,28). The van der Waals surface area contributed by atoms with Crippen LogP contribution in [0, 0.1) is 5.82 Å². The zero-order chi connectivity index (χ0) is 22.1. The molecule has 1 fully saturated rings. The fourth-order valence-corrected chi connectivity index (χ4v) is 4.62. The van der Waals surface area contributed by atoms with Gasteiger partial charge in [0, 0.05) is 20.0 Å². The Hall–Kier alpha value is -3.01. The predicted molar refractivity (Wildman–Crippen MR) is 117 cm³/mol. The van der Waals surface area contributed by atoms with Gasteiger partial charge in [0.1, 0.15) is 22.1 Å². The van der Waals surface area contributed by atoms with E-state index in [0.29, 0.717) is 10.9 Å². The van der Waals surface area contributed by atoms with E-state index in [0.717, 1.165) is 42.0 Å². The molecule has 1 N–H and O–H groups in total. The van der Waals surface area contributed by atoms with Crippen molar-refractivity contribution in [2.75, 3.05) is 11.1 Å². The molecule has 31 heavy (non-hydrogen) atoms. The average molecular weight is 444 g/mol. The summed E-state index contributed by atoms with van der Waals surface area (Å²) < 4.78 is 16.1. The van der Waals surface area contributed by atoms with Crippen LogP contribution in [0.1, 0.15) is 37.4 Å². The molecule has 0 unspecified atom stereocenters. The Morgan fingerprint density at radius 1 is 1.16 bits per heavy atom. The van der Waals surface area contributed by atoms with Gasteiger partial charge in [-0.15, -0.1) is 0 Å². The minimum atomic E-state index is -0.527. The Kier molecular flexibility index (Phi) is 5.90. The molecule has 4 rings (SSSR count). The van der Waals surface area contributed by atoms with Crippen LogP contribution in [0.5, 0.6) is 0 Å². The molecule has 8 nitrogen and oxygen atoms in total. The predicted octanol–water partition coefficient (Wildman–Crippen LogP) is 2.55. The lowest BCUT2D eigenvalue weighted by Gasteiger charge is -2.14. The Labute approximate surface area is 181 Å². The summed E-state index contributed by atoms with van der Waals surface area (Å²) >= 11 is 1.08. The first kappa shape index (κ1) is 21.2. The van der Waals surface area contributed by atoms with Crippen molar-refractivity contribution < 1.29 is 9.18 Å². The van der Waals surface area contributed by atoms with E-state index in [4.69, 9.17) is 0 Å². The number of hydrogen-bond donors (Lipinski definition) is 1. The number of rotatable bonds is 5. The second-order valence-corrected chi connectivity index (χ2v) is 8.55. The van der Waals surface area contributed by atoms with Crippen LogP contribution in [0.2, 0.25) is 0 Å². The molecule has 0 bridgehead atoms. The van der Waals surface area contributed by atoms with Crippen LogP contribution in [0.3, 0.4) is 0 Å². The molecular weight excluding hydrogens is 421 g/mol. The summed E-state index contributed by atoms with van der Waals surface area (Å²) in [6.07, 6.45) is 4.05. The van der Waals surface area contributed by atoms with Gasteiger partial charge in [-0.05, 0) is 25.0 Å². The maximum Gasteiger partial charge on any atom is 0.332 e. The Bertz CT molecular complexity index is 1280. The van der Waals surface area contributed by atoms with E-state index >= 15 is 0 Å². The maximum atomic E-state index is 13.8. The molecular formula is C21H22FN5O3S. The highest BCUT2D eigenvalue weighted by atomic mass is 32.2. The van der Waals surface area contributed by atoms with E-state index in [1.54, 1.807) is 13.1 Å². The third-order valence-corrected chi connectivity index (χ3v) is 6.47. The van der Waals surface area contributed by atoms with Crippen LogP contribution in [0.25, 0.3) is 11.0 Å². The number of aromatic nitrogens is 4. The molecule has 3 aromatic rings. The van der Waals surface area contributed by atoms with E-state index in [9.17, 15) is 18.8 Å². The van der Waals surface area contributed by atoms with Crippen LogP contribution in [0.15, 0.2) is 38.9 Å². The number of amides is 1. The summed E-state index contributed by atoms with van der Waals surface area (Å²) in [6.45, 7) is 0. The van der Waals surface area contributed by atoms with Crippen molar-refractivity contribution in [1.82, 2.24) is 19.1 Å². The SMILES string of the molecule is Cn1c(=O)c2c(SCC(=O)Nc3ccccc3F)nc(C3CCCC3)nc2n(C)c1=O. The number of benzene rings is 1. The van der Waals surface area contributed by atoms with Crippen molar-refractivity contribution >= 4 is 34.4 Å². The van der Waals surface area contributed by atoms with Gasteiger partial charge in [-0.25, -0.2) is 19.2 Å². The molecule has 162 valence electrons. The van der Waals surface area contributed by atoms with Gasteiger partial charge in [-0.2, -0.15) is 0 Å². The fourth-order valence-electron chi connectivity index (χ4n) is 3.80. The smallest absolute Gasteiger partial charge is 0.323 e. The molecule has 0 radical (unpaired) electrons. The summed E-state index contributed by atoms with van der Waals surface area (Å²) in [4.78, 5) is 46.8. The molecule has 1 aliphatic rings. The van der Waals surface area contributed by atoms with Crippen molar-refractivity contribution in [3.8, 4) is 0 Å². The molecule has 10 heteroatoms. The number of para-hydroxylation sites is 1.